The summed E-state index contributed by atoms with van der Waals surface area (Å²) in [6.07, 6.45) is 1.73. The van der Waals surface area contributed by atoms with Gasteiger partial charge in [0.2, 0.25) is 0 Å². The van der Waals surface area contributed by atoms with Crippen molar-refractivity contribution in [3.8, 4) is 22.7 Å². The maximum Gasteiger partial charge on any atom is 0.196 e. The second kappa shape index (κ2) is 7.85. The number of nitrogens with zero attached hydrogens (tertiary/aromatic N) is 2. The largest absolute Gasteiger partial charge is 0.455 e. The highest BCUT2D eigenvalue weighted by atomic mass is 16.3. The fourth-order valence-corrected chi connectivity index (χ4v) is 3.99. The SMILES string of the molecule is Cc1cc([C@@H](C)Nc2ncccc2-c2n[nH][nH]2)c2oc(-c3ccccc3)c(C)c(=O)c2c1. The van der Waals surface area contributed by atoms with E-state index in [9.17, 15) is 4.79 Å². The van der Waals surface area contributed by atoms with E-state index < -0.39 is 0 Å². The van der Waals surface area contributed by atoms with Crippen LogP contribution in [0.2, 0.25) is 0 Å². The highest BCUT2D eigenvalue weighted by molar-refractivity contribution is 5.85. The molecule has 0 saturated carbocycles. The summed E-state index contributed by atoms with van der Waals surface area (Å²) in [7, 11) is 0. The Morgan fingerprint density at radius 1 is 1.06 bits per heavy atom. The van der Waals surface area contributed by atoms with Gasteiger partial charge in [-0.1, -0.05) is 36.4 Å². The molecule has 0 aliphatic carbocycles. The molecular weight excluding hydrogens is 402 g/mol. The number of hydrogen-bond acceptors (Lipinski definition) is 5. The van der Waals surface area contributed by atoms with E-state index in [0.29, 0.717) is 28.1 Å². The fourth-order valence-electron chi connectivity index (χ4n) is 3.99. The number of rotatable bonds is 5. The summed E-state index contributed by atoms with van der Waals surface area (Å²) in [6, 6.07) is 17.3. The number of aromatic amines is 2. The molecule has 5 rings (SSSR count). The van der Waals surface area contributed by atoms with Gasteiger partial charge in [0.25, 0.3) is 0 Å². The van der Waals surface area contributed by atoms with Gasteiger partial charge in [0.05, 0.1) is 17.0 Å². The molecule has 0 bridgehead atoms. The smallest absolute Gasteiger partial charge is 0.196 e. The Bertz CT molecular complexity index is 1450. The number of hydrogen-bond donors (Lipinski definition) is 3. The van der Waals surface area contributed by atoms with Gasteiger partial charge in [-0.25, -0.2) is 10.2 Å². The first-order chi connectivity index (χ1) is 15.5. The lowest BCUT2D eigenvalue weighted by Gasteiger charge is -2.20. The molecule has 1 atom stereocenters. The molecule has 0 fully saturated rings. The average Bonchev–Trinajstić information content (AvgIpc) is 2.77. The van der Waals surface area contributed by atoms with Crippen molar-refractivity contribution in [2.75, 3.05) is 5.32 Å². The molecule has 3 aromatic heterocycles. The van der Waals surface area contributed by atoms with Crippen LogP contribution < -0.4 is 10.7 Å². The first-order valence-corrected chi connectivity index (χ1v) is 10.5. The molecule has 0 aliphatic rings. The van der Waals surface area contributed by atoms with Gasteiger partial charge in [-0.2, -0.15) is 0 Å². The van der Waals surface area contributed by atoms with Crippen molar-refractivity contribution in [1.82, 2.24) is 20.4 Å². The van der Waals surface area contributed by atoms with Crippen molar-refractivity contribution in [2.24, 2.45) is 0 Å². The summed E-state index contributed by atoms with van der Waals surface area (Å²) in [5.74, 6) is 2.01. The molecule has 2 aromatic carbocycles. The second-order valence-electron chi connectivity index (χ2n) is 7.94. The van der Waals surface area contributed by atoms with E-state index in [-0.39, 0.29) is 11.5 Å². The summed E-state index contributed by atoms with van der Waals surface area (Å²) in [5, 5.41) is 13.8. The fraction of sp³-hybridized carbons (Fsp3) is 0.160. The van der Waals surface area contributed by atoms with Crippen LogP contribution in [0.4, 0.5) is 5.82 Å². The minimum Gasteiger partial charge on any atom is -0.455 e. The average molecular weight is 425 g/mol. The minimum atomic E-state index is -0.172. The van der Waals surface area contributed by atoms with Crippen LogP contribution in [-0.4, -0.2) is 20.4 Å². The number of anilines is 1. The first-order valence-electron chi connectivity index (χ1n) is 10.5. The van der Waals surface area contributed by atoms with Gasteiger partial charge in [0.1, 0.15) is 17.2 Å². The molecule has 3 N–H and O–H groups in total. The van der Waals surface area contributed by atoms with Crippen LogP contribution in [0, 0.1) is 13.8 Å². The predicted octanol–water partition coefficient (Wildman–Crippen LogP) is 5.36. The minimum absolute atomic E-state index is 0.0140. The van der Waals surface area contributed by atoms with Gasteiger partial charge in [0, 0.05) is 22.9 Å². The van der Waals surface area contributed by atoms with Crippen LogP contribution in [0.5, 0.6) is 0 Å². The van der Waals surface area contributed by atoms with Crippen molar-refractivity contribution in [1.29, 1.82) is 0 Å². The number of aromatic nitrogens is 4. The molecule has 0 amide bonds. The Hall–Kier alpha value is -4.13. The van der Waals surface area contributed by atoms with Crippen LogP contribution in [0.1, 0.15) is 29.7 Å². The zero-order valence-corrected chi connectivity index (χ0v) is 18.1. The van der Waals surface area contributed by atoms with Gasteiger partial charge < -0.3 is 9.73 Å². The molecule has 160 valence electrons. The van der Waals surface area contributed by atoms with Gasteiger partial charge in [-0.05, 0) is 44.5 Å². The molecule has 7 nitrogen and oxygen atoms in total. The van der Waals surface area contributed by atoms with Crippen molar-refractivity contribution in [2.45, 2.75) is 26.8 Å². The molecule has 0 unspecified atom stereocenters. The Morgan fingerprint density at radius 2 is 1.84 bits per heavy atom. The van der Waals surface area contributed by atoms with Crippen LogP contribution in [0.3, 0.4) is 0 Å². The molecule has 7 heteroatoms. The third kappa shape index (κ3) is 3.37. The summed E-state index contributed by atoms with van der Waals surface area (Å²) in [5.41, 5.74) is 4.81. The molecule has 0 aliphatic heterocycles. The third-order valence-corrected chi connectivity index (χ3v) is 5.65. The monoisotopic (exact) mass is 425 g/mol. The van der Waals surface area contributed by atoms with Crippen molar-refractivity contribution < 1.29 is 4.42 Å². The molecule has 5 aromatic rings. The van der Waals surface area contributed by atoms with Crippen molar-refractivity contribution in [3.05, 3.63) is 87.7 Å². The number of H-pyrrole nitrogens is 2. The van der Waals surface area contributed by atoms with E-state index in [4.69, 9.17) is 4.42 Å². The number of benzene rings is 2. The summed E-state index contributed by atoms with van der Waals surface area (Å²) in [6.45, 7) is 5.83. The third-order valence-electron chi connectivity index (χ3n) is 5.65. The summed E-state index contributed by atoms with van der Waals surface area (Å²) < 4.78 is 6.41. The topological polar surface area (TPSA) is 99.6 Å². The van der Waals surface area contributed by atoms with Crippen LogP contribution in [-0.2, 0) is 0 Å². The van der Waals surface area contributed by atoms with Gasteiger partial charge in [0.15, 0.2) is 11.3 Å². The summed E-state index contributed by atoms with van der Waals surface area (Å²) in [4.78, 5) is 17.8. The van der Waals surface area contributed by atoms with Gasteiger partial charge in [-0.3, -0.25) is 9.89 Å². The number of nitrogens with one attached hydrogen (secondary N) is 3. The Balaban J connectivity index is 1.65. The molecule has 0 radical (unpaired) electrons. The number of fused-ring (bicyclic) bond motifs is 1. The first kappa shape index (κ1) is 19.8. The normalized spacial score (nSPS) is 12.2. The lowest BCUT2D eigenvalue weighted by atomic mass is 9.99. The Morgan fingerprint density at radius 3 is 2.56 bits per heavy atom. The zero-order valence-electron chi connectivity index (χ0n) is 18.1. The quantitative estimate of drug-likeness (QED) is 0.352. The van der Waals surface area contributed by atoms with Crippen molar-refractivity contribution >= 4 is 16.8 Å². The second-order valence-corrected chi connectivity index (χ2v) is 7.94. The number of pyridine rings is 1. The Labute approximate surface area is 184 Å². The van der Waals surface area contributed by atoms with E-state index in [2.05, 4.69) is 31.8 Å². The molecule has 0 saturated heterocycles. The Kier molecular flexibility index (Phi) is 4.86. The standard InChI is InChI=1S/C25H23N5O2/c1-14-12-19(16(3)27-24-18(10-7-11-26-24)25-28-30-29-25)23-20(13-14)21(31)15(2)22(32-23)17-8-5-4-6-9-17/h4-13,16,30H,1-3H3,(H,26,27)(H,28,29)/t16-/m1/s1. The molecular formula is C25H23N5O2. The van der Waals surface area contributed by atoms with E-state index in [1.807, 2.05) is 69.3 Å². The summed E-state index contributed by atoms with van der Waals surface area (Å²) >= 11 is 0. The molecule has 32 heavy (non-hydrogen) atoms. The van der Waals surface area contributed by atoms with E-state index >= 15 is 0 Å². The molecule has 3 heterocycles. The maximum atomic E-state index is 13.3. The van der Waals surface area contributed by atoms with Crippen LogP contribution in [0.15, 0.2) is 70.0 Å². The highest BCUT2D eigenvalue weighted by Crippen LogP contribution is 2.33. The van der Waals surface area contributed by atoms with Crippen LogP contribution in [0.25, 0.3) is 33.7 Å². The highest BCUT2D eigenvalue weighted by Gasteiger charge is 2.20. The van der Waals surface area contributed by atoms with E-state index in [1.54, 1.807) is 6.20 Å². The zero-order chi connectivity index (χ0) is 22.2. The van der Waals surface area contributed by atoms with E-state index in [0.717, 1.165) is 28.1 Å². The number of aryl methyl sites for hydroxylation is 1. The van der Waals surface area contributed by atoms with E-state index in [1.165, 1.54) is 0 Å². The lowest BCUT2D eigenvalue weighted by Crippen LogP contribution is -2.14. The van der Waals surface area contributed by atoms with Crippen molar-refractivity contribution in [3.63, 3.8) is 0 Å². The molecule has 0 spiro atoms. The van der Waals surface area contributed by atoms with Gasteiger partial charge in [-0.15, -0.1) is 5.10 Å². The lowest BCUT2D eigenvalue weighted by molar-refractivity contribution is 0.605. The predicted molar refractivity (Wildman–Crippen MR) is 126 cm³/mol. The maximum absolute atomic E-state index is 13.3. The van der Waals surface area contributed by atoms with Crippen LogP contribution >= 0.6 is 0 Å². The van der Waals surface area contributed by atoms with Gasteiger partial charge >= 0.3 is 0 Å².